The zero-order valence-corrected chi connectivity index (χ0v) is 41.6. The molecule has 2 saturated heterocycles. The maximum Gasteiger partial charge on any atom is 0.332 e. The number of methoxy groups -OCH3 is 2. The highest BCUT2D eigenvalue weighted by Crippen LogP contribution is 2.34. The Balaban J connectivity index is 0.000000360. The number of nitrogens with zero attached hydrogens (tertiary/aromatic N) is 2. The van der Waals surface area contributed by atoms with Crippen LogP contribution in [0.2, 0.25) is 0 Å². The average molecular weight is 964 g/mol. The van der Waals surface area contributed by atoms with E-state index in [-0.39, 0.29) is 42.2 Å². The molecule has 0 radical (unpaired) electrons. The second-order valence-electron chi connectivity index (χ2n) is 17.4. The fourth-order valence-electron chi connectivity index (χ4n) is 7.53. The minimum atomic E-state index is -3.64. The van der Waals surface area contributed by atoms with E-state index in [1.54, 1.807) is 95.6 Å². The predicted octanol–water partition coefficient (Wildman–Crippen LogP) is 7.56. The Morgan fingerprint density at radius 2 is 1.05 bits per heavy atom. The van der Waals surface area contributed by atoms with Gasteiger partial charge in [-0.25, -0.2) is 21.6 Å². The largest absolute Gasteiger partial charge is 0.497 e. The third-order valence-corrected chi connectivity index (χ3v) is 14.8. The summed E-state index contributed by atoms with van der Waals surface area (Å²) in [4.78, 5) is 23.1. The van der Waals surface area contributed by atoms with Crippen LogP contribution in [0.1, 0.15) is 115 Å². The Kier molecular flexibility index (Phi) is 21.7. The van der Waals surface area contributed by atoms with Gasteiger partial charge >= 0.3 is 11.9 Å². The van der Waals surface area contributed by atoms with Gasteiger partial charge in [0, 0.05) is 38.4 Å². The summed E-state index contributed by atoms with van der Waals surface area (Å²) >= 11 is 2.99. The first-order chi connectivity index (χ1) is 28.3. The lowest BCUT2D eigenvalue weighted by molar-refractivity contribution is -0.160. The molecule has 2 unspecified atom stereocenters. The number of hydrogen-bond donors (Lipinski definition) is 1. The first-order valence-electron chi connectivity index (χ1n) is 20.8. The standard InChI is InChI=1S/C22H35NO6S.C16H25NO4S.C6H11BrO2/c1-16-13-19(27-6)14-17(2)21(16)30(25,26)23-11-8-7-9-18(23)10-12-28-15-20(24)29-22(3,4)5;1-12-10-15(21-3)11-13(2)16(12)22(19,20)17-8-5-4-6-14(17)7-9-18;1-6(2,3)9-5(8)4-7/h13-14,18H,7-12,15H2,1-6H3;10-11,14,18H,4-9H2,1-3H3;4H2,1-3H3. The number of carbonyl (C=O) groups is 2. The molecule has 2 fully saturated rings. The van der Waals surface area contributed by atoms with Crippen molar-refractivity contribution in [3.8, 4) is 11.5 Å². The van der Waals surface area contributed by atoms with E-state index in [1.807, 2.05) is 20.8 Å². The normalized spacial score (nSPS) is 17.9. The number of piperidine rings is 2. The monoisotopic (exact) mass is 962 g/mol. The van der Waals surface area contributed by atoms with Gasteiger partial charge in [-0.15, -0.1) is 0 Å². The molecule has 0 aromatic heterocycles. The van der Waals surface area contributed by atoms with Crippen molar-refractivity contribution in [3.05, 3.63) is 46.5 Å². The molecule has 4 rings (SSSR count). The van der Waals surface area contributed by atoms with Crippen LogP contribution in [0.15, 0.2) is 34.1 Å². The second-order valence-corrected chi connectivity index (χ2v) is 21.6. The number of hydrogen-bond acceptors (Lipinski definition) is 12. The Hall–Kier alpha value is -2.80. The topological polar surface area (TPSA) is 175 Å². The van der Waals surface area contributed by atoms with E-state index in [0.29, 0.717) is 76.1 Å². The van der Waals surface area contributed by atoms with Gasteiger partial charge in [0.2, 0.25) is 20.0 Å². The van der Waals surface area contributed by atoms with Crippen molar-refractivity contribution < 1.29 is 55.2 Å². The number of ether oxygens (including phenoxy) is 5. The minimum Gasteiger partial charge on any atom is -0.497 e. The molecule has 2 aliphatic rings. The molecule has 2 aromatic carbocycles. The van der Waals surface area contributed by atoms with E-state index in [0.717, 1.165) is 38.5 Å². The van der Waals surface area contributed by atoms with Gasteiger partial charge in [-0.05, 0) is 154 Å². The van der Waals surface area contributed by atoms with Crippen molar-refractivity contribution in [1.82, 2.24) is 8.61 Å². The summed E-state index contributed by atoms with van der Waals surface area (Å²) in [5.74, 6) is 0.678. The van der Waals surface area contributed by atoms with Crippen LogP contribution in [0.4, 0.5) is 0 Å². The number of benzene rings is 2. The van der Waals surface area contributed by atoms with Gasteiger partial charge < -0.3 is 28.8 Å². The zero-order chi connectivity index (χ0) is 46.3. The molecule has 1 N–H and O–H groups in total. The van der Waals surface area contributed by atoms with Gasteiger partial charge in [0.1, 0.15) is 34.6 Å². The van der Waals surface area contributed by atoms with E-state index in [4.69, 9.17) is 23.7 Å². The van der Waals surface area contributed by atoms with Crippen molar-refractivity contribution in [2.75, 3.05) is 52.5 Å². The molecule has 2 atom stereocenters. The fraction of sp³-hybridized carbons (Fsp3) is 0.682. The molecular weight excluding hydrogens is 893 g/mol. The smallest absolute Gasteiger partial charge is 0.332 e. The molecule has 0 spiro atoms. The summed E-state index contributed by atoms with van der Waals surface area (Å²) in [5, 5.41) is 9.48. The molecule has 0 saturated carbocycles. The summed E-state index contributed by atoms with van der Waals surface area (Å²) in [5.41, 5.74) is 1.85. The number of rotatable bonds is 14. The highest BCUT2D eigenvalue weighted by molar-refractivity contribution is 9.09. The Labute approximate surface area is 374 Å². The summed E-state index contributed by atoms with van der Waals surface area (Å²) in [6, 6.07) is 6.76. The molecule has 348 valence electrons. The quantitative estimate of drug-likeness (QED) is 0.112. The number of esters is 2. The molecule has 0 bridgehead atoms. The van der Waals surface area contributed by atoms with Crippen LogP contribution < -0.4 is 9.47 Å². The molecule has 2 heterocycles. The maximum atomic E-state index is 13.5. The Bertz CT molecular complexity index is 1910. The van der Waals surface area contributed by atoms with Crippen molar-refractivity contribution in [3.63, 3.8) is 0 Å². The number of aliphatic hydroxyl groups excluding tert-OH is 1. The van der Waals surface area contributed by atoms with E-state index in [2.05, 4.69) is 15.9 Å². The average Bonchev–Trinajstić information content (AvgIpc) is 3.15. The number of carbonyl (C=O) groups excluding carboxylic acids is 2. The summed E-state index contributed by atoms with van der Waals surface area (Å²) in [6.07, 6.45) is 6.32. The van der Waals surface area contributed by atoms with Crippen molar-refractivity contribution in [2.45, 2.75) is 154 Å². The highest BCUT2D eigenvalue weighted by Gasteiger charge is 2.36. The lowest BCUT2D eigenvalue weighted by Gasteiger charge is -2.35. The first-order valence-corrected chi connectivity index (χ1v) is 24.9. The van der Waals surface area contributed by atoms with Gasteiger partial charge in [-0.3, -0.25) is 4.79 Å². The second kappa shape index (κ2) is 24.3. The molecule has 61 heavy (non-hydrogen) atoms. The van der Waals surface area contributed by atoms with Gasteiger partial charge in [0.25, 0.3) is 0 Å². The summed E-state index contributed by atoms with van der Waals surface area (Å²) in [6.45, 7) is 19.3. The van der Waals surface area contributed by atoms with Crippen LogP contribution in [0.25, 0.3) is 0 Å². The summed E-state index contributed by atoms with van der Waals surface area (Å²) in [7, 11) is -4.05. The predicted molar refractivity (Wildman–Crippen MR) is 241 cm³/mol. The van der Waals surface area contributed by atoms with Gasteiger partial charge in [-0.1, -0.05) is 28.8 Å². The lowest BCUT2D eigenvalue weighted by atomic mass is 10.0. The van der Waals surface area contributed by atoms with Crippen molar-refractivity contribution in [2.24, 2.45) is 0 Å². The van der Waals surface area contributed by atoms with Gasteiger partial charge in [0.15, 0.2) is 0 Å². The SMILES string of the molecule is CC(C)(C)OC(=O)CBr.COc1cc(C)c(S(=O)(=O)N2CCCCC2CCO)c(C)c1.COc1cc(C)c(S(=O)(=O)N2CCCCC2CCOCC(=O)OC(C)(C)C)c(C)c1. The zero-order valence-electron chi connectivity index (χ0n) is 38.4. The summed E-state index contributed by atoms with van der Waals surface area (Å²) < 4.78 is 82.5. The molecule has 2 aromatic rings. The third kappa shape index (κ3) is 17.0. The molecule has 14 nitrogen and oxygen atoms in total. The van der Waals surface area contributed by atoms with Crippen LogP contribution in [0, 0.1) is 27.7 Å². The number of alkyl halides is 1. The third-order valence-electron chi connectivity index (χ3n) is 9.85. The number of sulfonamides is 2. The van der Waals surface area contributed by atoms with Crippen LogP contribution >= 0.6 is 15.9 Å². The van der Waals surface area contributed by atoms with Crippen LogP contribution in [-0.4, -0.2) is 118 Å². The van der Waals surface area contributed by atoms with Crippen LogP contribution in [0.5, 0.6) is 11.5 Å². The Morgan fingerprint density at radius 3 is 1.38 bits per heavy atom. The van der Waals surface area contributed by atoms with Crippen LogP contribution in [-0.2, 0) is 43.8 Å². The van der Waals surface area contributed by atoms with E-state index in [1.165, 1.54) is 0 Å². The van der Waals surface area contributed by atoms with E-state index < -0.39 is 31.6 Å². The molecule has 17 heteroatoms. The number of halogens is 1. The molecule has 2 aliphatic heterocycles. The van der Waals surface area contributed by atoms with Gasteiger partial charge in [-0.2, -0.15) is 8.61 Å². The Morgan fingerprint density at radius 1 is 0.672 bits per heavy atom. The van der Waals surface area contributed by atoms with Crippen LogP contribution in [0.3, 0.4) is 0 Å². The maximum absolute atomic E-state index is 13.5. The highest BCUT2D eigenvalue weighted by atomic mass is 79.9. The minimum absolute atomic E-state index is 0.0112. The number of aliphatic hydroxyl groups is 1. The molecular formula is C44H71BrN2O12S2. The van der Waals surface area contributed by atoms with Crippen molar-refractivity contribution in [1.29, 1.82) is 0 Å². The number of aryl methyl sites for hydroxylation is 4. The lowest BCUT2D eigenvalue weighted by Crippen LogP contribution is -2.44. The molecule has 0 amide bonds. The van der Waals surface area contributed by atoms with Crippen molar-refractivity contribution >= 4 is 47.9 Å². The molecule has 0 aliphatic carbocycles. The fourth-order valence-corrected chi connectivity index (χ4v) is 11.9. The van der Waals surface area contributed by atoms with Gasteiger partial charge in [0.05, 0.1) is 24.0 Å². The van der Waals surface area contributed by atoms with E-state index >= 15 is 0 Å². The van der Waals surface area contributed by atoms with E-state index in [9.17, 15) is 31.5 Å². The first kappa shape index (κ1) is 54.3.